The van der Waals surface area contributed by atoms with Gasteiger partial charge in [-0.05, 0) is 18.8 Å². The Morgan fingerprint density at radius 1 is 1.70 bits per heavy atom. The summed E-state index contributed by atoms with van der Waals surface area (Å²) in [5.41, 5.74) is 0. The molecule has 1 rings (SSSR count). The van der Waals surface area contributed by atoms with Gasteiger partial charge in [-0.1, -0.05) is 13.3 Å². The van der Waals surface area contributed by atoms with Crippen LogP contribution in [-0.4, -0.2) is 24.3 Å². The Kier molecular flexibility index (Phi) is 2.72. The lowest BCUT2D eigenvalue weighted by Gasteiger charge is -2.30. The van der Waals surface area contributed by atoms with Crippen LogP contribution in [0.4, 0.5) is 0 Å². The van der Waals surface area contributed by atoms with E-state index in [1.807, 2.05) is 0 Å². The van der Waals surface area contributed by atoms with Crippen molar-refractivity contribution in [1.82, 2.24) is 4.90 Å². The normalized spacial score (nSPS) is 26.5. The van der Waals surface area contributed by atoms with Crippen molar-refractivity contribution in [2.75, 3.05) is 13.1 Å². The first kappa shape index (κ1) is 7.58. The molecule has 10 heavy (non-hydrogen) atoms. The van der Waals surface area contributed by atoms with E-state index in [1.54, 1.807) is 0 Å². The Hall–Kier alpha value is -0.530. The Morgan fingerprint density at radius 2 is 2.50 bits per heavy atom. The Morgan fingerprint density at radius 3 is 3.10 bits per heavy atom. The molecule has 0 spiro atoms. The van der Waals surface area contributed by atoms with Gasteiger partial charge in [0.25, 0.3) is 0 Å². The van der Waals surface area contributed by atoms with Crippen molar-refractivity contribution in [3.8, 4) is 0 Å². The minimum Gasteiger partial charge on any atom is -0.363 e. The zero-order valence-electron chi connectivity index (χ0n) is 6.64. The summed E-state index contributed by atoms with van der Waals surface area (Å²) in [6, 6.07) is 0. The second kappa shape index (κ2) is 3.59. The Labute approximate surface area is 62.7 Å². The number of nitrogens with one attached hydrogen (secondary N) is 1. The molecule has 0 radical (unpaired) electrons. The molecule has 2 nitrogen and oxygen atoms in total. The summed E-state index contributed by atoms with van der Waals surface area (Å²) >= 11 is 0. The van der Waals surface area contributed by atoms with Gasteiger partial charge in [-0.15, -0.1) is 0 Å². The third-order valence-corrected chi connectivity index (χ3v) is 2.31. The third kappa shape index (κ3) is 1.72. The van der Waals surface area contributed by atoms with E-state index >= 15 is 0 Å². The highest BCUT2D eigenvalue weighted by molar-refractivity contribution is 5.50. The highest BCUT2D eigenvalue weighted by Gasteiger charge is 2.15. The number of likely N-dealkylation sites (tertiary alicyclic amines) is 1. The number of piperidine rings is 1. The van der Waals surface area contributed by atoms with Gasteiger partial charge < -0.3 is 4.90 Å². The minimum atomic E-state index is 0.843. The Balaban J connectivity index is 2.31. The van der Waals surface area contributed by atoms with E-state index in [1.165, 1.54) is 25.6 Å². The van der Waals surface area contributed by atoms with Crippen molar-refractivity contribution >= 4 is 6.34 Å². The molecule has 1 aliphatic heterocycles. The van der Waals surface area contributed by atoms with Crippen LogP contribution in [0.25, 0.3) is 0 Å². The molecule has 0 aromatic rings. The lowest BCUT2D eigenvalue weighted by Crippen LogP contribution is -2.33. The fourth-order valence-corrected chi connectivity index (χ4v) is 1.55. The molecule has 0 unspecified atom stereocenters. The summed E-state index contributed by atoms with van der Waals surface area (Å²) in [6.45, 7) is 4.44. The first-order valence-corrected chi connectivity index (χ1v) is 4.11. The zero-order chi connectivity index (χ0) is 7.40. The Bertz CT molecular complexity index is 112. The topological polar surface area (TPSA) is 27.1 Å². The molecule has 0 amide bonds. The van der Waals surface area contributed by atoms with Gasteiger partial charge in [-0.25, -0.2) is 0 Å². The molecule has 0 saturated carbocycles. The summed E-state index contributed by atoms with van der Waals surface area (Å²) in [5, 5.41) is 7.06. The van der Waals surface area contributed by atoms with E-state index in [0.717, 1.165) is 19.0 Å². The van der Waals surface area contributed by atoms with Crippen LogP contribution < -0.4 is 0 Å². The van der Waals surface area contributed by atoms with Gasteiger partial charge in [0.05, 0.1) is 6.34 Å². The van der Waals surface area contributed by atoms with Crippen LogP contribution in [0.5, 0.6) is 0 Å². The quantitative estimate of drug-likeness (QED) is 0.459. The van der Waals surface area contributed by atoms with Gasteiger partial charge in [-0.3, -0.25) is 5.41 Å². The largest absolute Gasteiger partial charge is 0.363 e. The lowest BCUT2D eigenvalue weighted by molar-refractivity contribution is 0.258. The molecule has 1 atom stereocenters. The highest BCUT2D eigenvalue weighted by atomic mass is 15.1. The predicted molar refractivity (Wildman–Crippen MR) is 43.4 cm³/mol. The molecule has 1 saturated heterocycles. The van der Waals surface area contributed by atoms with Crippen molar-refractivity contribution in [3.63, 3.8) is 0 Å². The average Bonchev–Trinajstić information content (AvgIpc) is 2.05. The van der Waals surface area contributed by atoms with E-state index in [0.29, 0.717) is 0 Å². The van der Waals surface area contributed by atoms with Crippen molar-refractivity contribution in [1.29, 1.82) is 5.41 Å². The maximum atomic E-state index is 7.06. The van der Waals surface area contributed by atoms with Gasteiger partial charge in [0.15, 0.2) is 0 Å². The molecule has 1 aliphatic rings. The maximum absolute atomic E-state index is 7.06. The summed E-state index contributed by atoms with van der Waals surface area (Å²) in [4.78, 5) is 2.11. The average molecular weight is 140 g/mol. The highest BCUT2D eigenvalue weighted by Crippen LogP contribution is 2.17. The monoisotopic (exact) mass is 140 g/mol. The predicted octanol–water partition coefficient (Wildman–Crippen LogP) is 1.72. The summed E-state index contributed by atoms with van der Waals surface area (Å²) in [7, 11) is 0. The van der Waals surface area contributed by atoms with E-state index in [-0.39, 0.29) is 0 Å². The summed E-state index contributed by atoms with van der Waals surface area (Å²) in [6.07, 6.45) is 5.38. The number of nitrogens with zero attached hydrogens (tertiary/aromatic N) is 1. The first-order chi connectivity index (χ1) is 4.86. The van der Waals surface area contributed by atoms with Crippen LogP contribution >= 0.6 is 0 Å². The molecule has 2 heteroatoms. The van der Waals surface area contributed by atoms with Gasteiger partial charge in [-0.2, -0.15) is 0 Å². The molecule has 0 aromatic heterocycles. The van der Waals surface area contributed by atoms with Crippen molar-refractivity contribution in [2.45, 2.75) is 26.2 Å². The second-order valence-electron chi connectivity index (χ2n) is 3.04. The smallest absolute Gasteiger partial charge is 0.0817 e. The number of hydrogen-bond donors (Lipinski definition) is 1. The molecule has 1 fully saturated rings. The van der Waals surface area contributed by atoms with Crippen LogP contribution in [-0.2, 0) is 0 Å². The standard InChI is InChI=1S/C8H16N2/c1-2-8-4-3-5-10(6-8)7-9/h7-9H,2-6H2,1H3/t8-/m1/s1. The third-order valence-electron chi connectivity index (χ3n) is 2.31. The number of rotatable bonds is 2. The summed E-state index contributed by atoms with van der Waals surface area (Å²) < 4.78 is 0. The fraction of sp³-hybridized carbons (Fsp3) is 0.875. The van der Waals surface area contributed by atoms with Crippen molar-refractivity contribution < 1.29 is 0 Å². The van der Waals surface area contributed by atoms with Crippen LogP contribution in [0.2, 0.25) is 0 Å². The van der Waals surface area contributed by atoms with Crippen LogP contribution in [0, 0.1) is 11.3 Å². The molecular formula is C8H16N2. The molecule has 0 bridgehead atoms. The second-order valence-corrected chi connectivity index (χ2v) is 3.04. The minimum absolute atomic E-state index is 0.843. The molecule has 1 N–H and O–H groups in total. The fourth-order valence-electron chi connectivity index (χ4n) is 1.55. The number of hydrogen-bond acceptors (Lipinski definition) is 1. The van der Waals surface area contributed by atoms with Crippen LogP contribution in [0.3, 0.4) is 0 Å². The van der Waals surface area contributed by atoms with Crippen molar-refractivity contribution in [2.24, 2.45) is 5.92 Å². The van der Waals surface area contributed by atoms with Gasteiger partial charge >= 0.3 is 0 Å². The van der Waals surface area contributed by atoms with Crippen LogP contribution in [0.1, 0.15) is 26.2 Å². The lowest BCUT2D eigenvalue weighted by atomic mass is 9.96. The molecule has 1 heterocycles. The van der Waals surface area contributed by atoms with Crippen LogP contribution in [0.15, 0.2) is 0 Å². The van der Waals surface area contributed by atoms with E-state index in [4.69, 9.17) is 5.41 Å². The van der Waals surface area contributed by atoms with Crippen molar-refractivity contribution in [3.05, 3.63) is 0 Å². The van der Waals surface area contributed by atoms with Gasteiger partial charge in [0.2, 0.25) is 0 Å². The zero-order valence-corrected chi connectivity index (χ0v) is 6.64. The SMILES string of the molecule is CC[C@@H]1CCCN(C=N)C1. The molecule has 58 valence electrons. The van der Waals surface area contributed by atoms with Gasteiger partial charge in [0.1, 0.15) is 0 Å². The van der Waals surface area contributed by atoms with E-state index < -0.39 is 0 Å². The van der Waals surface area contributed by atoms with E-state index in [9.17, 15) is 0 Å². The molecular weight excluding hydrogens is 124 g/mol. The summed E-state index contributed by atoms with van der Waals surface area (Å²) in [5.74, 6) is 0.843. The van der Waals surface area contributed by atoms with Gasteiger partial charge in [0, 0.05) is 13.1 Å². The molecule has 0 aliphatic carbocycles. The molecule has 0 aromatic carbocycles. The first-order valence-electron chi connectivity index (χ1n) is 4.11. The maximum Gasteiger partial charge on any atom is 0.0817 e. The van der Waals surface area contributed by atoms with E-state index in [2.05, 4.69) is 11.8 Å².